The van der Waals surface area contributed by atoms with E-state index in [1.807, 2.05) is 14.1 Å². The molecule has 0 saturated carbocycles. The molecule has 108 valence electrons. The van der Waals surface area contributed by atoms with Crippen molar-refractivity contribution in [1.82, 2.24) is 15.3 Å². The van der Waals surface area contributed by atoms with Crippen LogP contribution in [0.25, 0.3) is 0 Å². The number of anilines is 2. The SMILES string of the molecule is CN(C)c1nccc(N2CCNC(=O)C2CC(=O)O)n1. The lowest BCUT2D eigenvalue weighted by Gasteiger charge is -2.35. The molecule has 1 saturated heterocycles. The van der Waals surface area contributed by atoms with Crippen molar-refractivity contribution < 1.29 is 14.7 Å². The van der Waals surface area contributed by atoms with Crippen LogP contribution in [-0.2, 0) is 9.59 Å². The Morgan fingerprint density at radius 3 is 3.00 bits per heavy atom. The van der Waals surface area contributed by atoms with E-state index >= 15 is 0 Å². The summed E-state index contributed by atoms with van der Waals surface area (Å²) in [4.78, 5) is 34.7. The zero-order valence-corrected chi connectivity index (χ0v) is 11.4. The highest BCUT2D eigenvalue weighted by atomic mass is 16.4. The number of amides is 1. The molecule has 8 heteroatoms. The molecule has 0 bridgehead atoms. The van der Waals surface area contributed by atoms with E-state index in [9.17, 15) is 9.59 Å². The number of carbonyl (C=O) groups is 2. The molecule has 1 aromatic rings. The maximum atomic E-state index is 11.9. The Labute approximate surface area is 116 Å². The van der Waals surface area contributed by atoms with Crippen LogP contribution in [0.3, 0.4) is 0 Å². The molecule has 20 heavy (non-hydrogen) atoms. The fourth-order valence-electron chi connectivity index (χ4n) is 2.07. The molecule has 1 aliphatic heterocycles. The minimum atomic E-state index is -1.01. The van der Waals surface area contributed by atoms with Crippen molar-refractivity contribution in [3.05, 3.63) is 12.3 Å². The average Bonchev–Trinajstić information content (AvgIpc) is 2.41. The number of hydrogen-bond donors (Lipinski definition) is 2. The number of aliphatic carboxylic acids is 1. The smallest absolute Gasteiger partial charge is 0.305 e. The second-order valence-electron chi connectivity index (χ2n) is 4.71. The molecule has 2 heterocycles. The molecule has 0 spiro atoms. The number of carbonyl (C=O) groups excluding carboxylic acids is 1. The van der Waals surface area contributed by atoms with E-state index in [-0.39, 0.29) is 12.3 Å². The first-order chi connectivity index (χ1) is 9.49. The molecule has 0 aliphatic carbocycles. The summed E-state index contributed by atoms with van der Waals surface area (Å²) >= 11 is 0. The van der Waals surface area contributed by atoms with Gasteiger partial charge in [-0.25, -0.2) is 4.98 Å². The first-order valence-corrected chi connectivity index (χ1v) is 6.25. The maximum Gasteiger partial charge on any atom is 0.305 e. The van der Waals surface area contributed by atoms with Gasteiger partial charge in [-0.2, -0.15) is 4.98 Å². The standard InChI is InChI=1S/C12H17N5O3/c1-16(2)12-14-4-3-9(15-12)17-6-5-13-11(20)8(17)7-10(18)19/h3-4,8H,5-7H2,1-2H3,(H,13,20)(H,18,19). The van der Waals surface area contributed by atoms with Crippen LogP contribution in [0.5, 0.6) is 0 Å². The molecular weight excluding hydrogens is 262 g/mol. The molecule has 2 N–H and O–H groups in total. The molecule has 1 fully saturated rings. The van der Waals surface area contributed by atoms with Crippen molar-refractivity contribution in [2.24, 2.45) is 0 Å². The maximum absolute atomic E-state index is 11.9. The monoisotopic (exact) mass is 279 g/mol. The second-order valence-corrected chi connectivity index (χ2v) is 4.71. The number of carboxylic acids is 1. The fourth-order valence-corrected chi connectivity index (χ4v) is 2.07. The Balaban J connectivity index is 2.30. The zero-order valence-electron chi connectivity index (χ0n) is 11.4. The summed E-state index contributed by atoms with van der Waals surface area (Å²) < 4.78 is 0. The van der Waals surface area contributed by atoms with Gasteiger partial charge in [0, 0.05) is 33.4 Å². The van der Waals surface area contributed by atoms with E-state index in [1.165, 1.54) is 0 Å². The molecule has 0 aromatic carbocycles. The lowest BCUT2D eigenvalue weighted by atomic mass is 10.1. The van der Waals surface area contributed by atoms with Gasteiger partial charge in [-0.15, -0.1) is 0 Å². The Bertz CT molecular complexity index is 520. The normalized spacial score (nSPS) is 18.6. The molecule has 1 aliphatic rings. The van der Waals surface area contributed by atoms with E-state index in [0.717, 1.165) is 0 Å². The van der Waals surface area contributed by atoms with Gasteiger partial charge in [-0.05, 0) is 6.07 Å². The third-order valence-electron chi connectivity index (χ3n) is 3.02. The van der Waals surface area contributed by atoms with Crippen LogP contribution in [0.2, 0.25) is 0 Å². The van der Waals surface area contributed by atoms with Crippen LogP contribution in [0.4, 0.5) is 11.8 Å². The second kappa shape index (κ2) is 5.72. The van der Waals surface area contributed by atoms with Gasteiger partial charge in [0.1, 0.15) is 11.9 Å². The largest absolute Gasteiger partial charge is 0.481 e. The van der Waals surface area contributed by atoms with Gasteiger partial charge < -0.3 is 20.2 Å². The van der Waals surface area contributed by atoms with E-state index < -0.39 is 12.0 Å². The highest BCUT2D eigenvalue weighted by Gasteiger charge is 2.32. The summed E-state index contributed by atoms with van der Waals surface area (Å²) in [7, 11) is 3.63. The molecular formula is C12H17N5O3. The van der Waals surface area contributed by atoms with Gasteiger partial charge in [0.25, 0.3) is 0 Å². The Hall–Kier alpha value is -2.38. The van der Waals surface area contributed by atoms with Gasteiger partial charge in [0.2, 0.25) is 11.9 Å². The third-order valence-corrected chi connectivity index (χ3v) is 3.02. The molecule has 1 unspecified atom stereocenters. The van der Waals surface area contributed by atoms with Crippen molar-refractivity contribution >= 4 is 23.6 Å². The first-order valence-electron chi connectivity index (χ1n) is 6.25. The molecule has 2 rings (SSSR count). The molecule has 8 nitrogen and oxygen atoms in total. The Morgan fingerprint density at radius 1 is 1.60 bits per heavy atom. The highest BCUT2D eigenvalue weighted by molar-refractivity contribution is 5.90. The number of nitrogens with zero attached hydrogens (tertiary/aromatic N) is 4. The number of hydrogen-bond acceptors (Lipinski definition) is 6. The summed E-state index contributed by atoms with van der Waals surface area (Å²) in [5.74, 6) is -0.227. The van der Waals surface area contributed by atoms with Gasteiger partial charge in [0.15, 0.2) is 0 Å². The van der Waals surface area contributed by atoms with E-state index in [2.05, 4.69) is 15.3 Å². The Morgan fingerprint density at radius 2 is 2.35 bits per heavy atom. The summed E-state index contributed by atoms with van der Waals surface area (Å²) in [6.45, 7) is 0.990. The third kappa shape index (κ3) is 2.95. The van der Waals surface area contributed by atoms with Gasteiger partial charge >= 0.3 is 5.97 Å². The number of carboxylic acid groups (broad SMARTS) is 1. The predicted octanol–water partition coefficient (Wildman–Crippen LogP) is -0.678. The lowest BCUT2D eigenvalue weighted by molar-refractivity contribution is -0.139. The molecule has 1 atom stereocenters. The lowest BCUT2D eigenvalue weighted by Crippen LogP contribution is -2.56. The number of piperazine rings is 1. The fraction of sp³-hybridized carbons (Fsp3) is 0.500. The topological polar surface area (TPSA) is 98.7 Å². The van der Waals surface area contributed by atoms with Gasteiger partial charge in [-0.1, -0.05) is 0 Å². The quantitative estimate of drug-likeness (QED) is 0.753. The van der Waals surface area contributed by atoms with E-state index in [1.54, 1.807) is 22.1 Å². The van der Waals surface area contributed by atoms with E-state index in [0.29, 0.717) is 24.9 Å². The van der Waals surface area contributed by atoms with Crippen molar-refractivity contribution in [2.75, 3.05) is 37.0 Å². The number of rotatable bonds is 4. The zero-order chi connectivity index (χ0) is 14.7. The molecule has 0 radical (unpaired) electrons. The predicted molar refractivity (Wildman–Crippen MR) is 72.8 cm³/mol. The van der Waals surface area contributed by atoms with Crippen molar-refractivity contribution in [1.29, 1.82) is 0 Å². The summed E-state index contributed by atoms with van der Waals surface area (Å²) in [5, 5.41) is 11.6. The minimum absolute atomic E-state index is 0.257. The van der Waals surface area contributed by atoms with Gasteiger partial charge in [-0.3, -0.25) is 9.59 Å². The van der Waals surface area contributed by atoms with Crippen LogP contribution in [-0.4, -0.2) is 60.2 Å². The number of aromatic nitrogens is 2. The van der Waals surface area contributed by atoms with Crippen LogP contribution < -0.4 is 15.1 Å². The summed E-state index contributed by atoms with van der Waals surface area (Å²) in [5.41, 5.74) is 0. The number of nitrogens with one attached hydrogen (secondary N) is 1. The van der Waals surface area contributed by atoms with Gasteiger partial charge in [0.05, 0.1) is 6.42 Å². The molecule has 1 aromatic heterocycles. The Kier molecular flexibility index (Phi) is 4.02. The van der Waals surface area contributed by atoms with Crippen LogP contribution >= 0.6 is 0 Å². The van der Waals surface area contributed by atoms with Crippen LogP contribution in [0, 0.1) is 0 Å². The summed E-state index contributed by atoms with van der Waals surface area (Å²) in [6, 6.07) is 0.937. The molecule has 1 amide bonds. The summed E-state index contributed by atoms with van der Waals surface area (Å²) in [6.07, 6.45) is 1.34. The first kappa shape index (κ1) is 14.0. The highest BCUT2D eigenvalue weighted by Crippen LogP contribution is 2.19. The van der Waals surface area contributed by atoms with Crippen molar-refractivity contribution in [3.63, 3.8) is 0 Å². The minimum Gasteiger partial charge on any atom is -0.481 e. The average molecular weight is 279 g/mol. The van der Waals surface area contributed by atoms with Crippen molar-refractivity contribution in [3.8, 4) is 0 Å². The van der Waals surface area contributed by atoms with Crippen LogP contribution in [0.15, 0.2) is 12.3 Å². The van der Waals surface area contributed by atoms with Crippen molar-refractivity contribution in [2.45, 2.75) is 12.5 Å². The van der Waals surface area contributed by atoms with Crippen LogP contribution in [0.1, 0.15) is 6.42 Å². The van der Waals surface area contributed by atoms with E-state index in [4.69, 9.17) is 5.11 Å².